The van der Waals surface area contributed by atoms with Crippen LogP contribution in [0.1, 0.15) is 12.0 Å². The minimum absolute atomic E-state index is 0.0124. The normalized spacial score (nSPS) is 14.8. The van der Waals surface area contributed by atoms with Gasteiger partial charge < -0.3 is 10.4 Å². The molecule has 25 heavy (non-hydrogen) atoms. The molecule has 0 saturated carbocycles. The highest BCUT2D eigenvalue weighted by molar-refractivity contribution is 7.98. The van der Waals surface area contributed by atoms with Gasteiger partial charge in [0.25, 0.3) is 0 Å². The van der Waals surface area contributed by atoms with Crippen molar-refractivity contribution in [3.05, 3.63) is 60.2 Å². The molecule has 0 radical (unpaired) electrons. The monoisotopic (exact) mass is 354 g/mol. The topological polar surface area (TPSA) is 52.6 Å². The maximum atomic E-state index is 12.2. The Kier molecular flexibility index (Phi) is 5.79. The molecule has 0 aliphatic carbocycles. The summed E-state index contributed by atoms with van der Waals surface area (Å²) in [5, 5.41) is 12.3. The number of aromatic hydroxyl groups is 1. The van der Waals surface area contributed by atoms with Gasteiger partial charge >= 0.3 is 0 Å². The lowest BCUT2D eigenvalue weighted by Crippen LogP contribution is -2.36. The van der Waals surface area contributed by atoms with E-state index in [1.165, 1.54) is 10.5 Å². The number of carbonyl (C=O) groups is 1. The van der Waals surface area contributed by atoms with Gasteiger partial charge in [-0.3, -0.25) is 9.69 Å². The highest BCUT2D eigenvalue weighted by Crippen LogP contribution is 2.24. The fraction of sp³-hybridized carbons (Fsp3) is 0.250. The molecule has 2 aromatic rings. The fourth-order valence-electron chi connectivity index (χ4n) is 2.87. The molecule has 2 aromatic carbocycles. The summed E-state index contributed by atoms with van der Waals surface area (Å²) in [5.74, 6) is 0.294. The summed E-state index contributed by atoms with van der Waals surface area (Å²) in [6.45, 7) is 2.00. The zero-order valence-corrected chi connectivity index (χ0v) is 15.1. The molecule has 1 heterocycles. The number of hydrogen-bond acceptors (Lipinski definition) is 4. The smallest absolute Gasteiger partial charge is 0.238 e. The second-order valence-electron chi connectivity index (χ2n) is 6.04. The second kappa shape index (κ2) is 8.23. The van der Waals surface area contributed by atoms with Gasteiger partial charge in [0.05, 0.1) is 6.54 Å². The predicted molar refractivity (Wildman–Crippen MR) is 104 cm³/mol. The number of phenols is 1. The van der Waals surface area contributed by atoms with E-state index >= 15 is 0 Å². The Balaban J connectivity index is 1.52. The van der Waals surface area contributed by atoms with Crippen molar-refractivity contribution in [1.82, 2.24) is 4.90 Å². The van der Waals surface area contributed by atoms with E-state index in [0.717, 1.165) is 30.8 Å². The predicted octanol–water partition coefficient (Wildman–Crippen LogP) is 3.84. The van der Waals surface area contributed by atoms with Crippen LogP contribution in [-0.2, 0) is 4.79 Å². The minimum Gasteiger partial charge on any atom is -0.508 e. The Morgan fingerprint density at radius 2 is 1.88 bits per heavy atom. The van der Waals surface area contributed by atoms with E-state index in [1.54, 1.807) is 23.9 Å². The van der Waals surface area contributed by atoms with Gasteiger partial charge in [-0.1, -0.05) is 18.2 Å². The van der Waals surface area contributed by atoms with Crippen LogP contribution in [0.3, 0.4) is 0 Å². The largest absolute Gasteiger partial charge is 0.508 e. The number of nitrogens with one attached hydrogen (secondary N) is 1. The molecule has 0 saturated heterocycles. The lowest BCUT2D eigenvalue weighted by molar-refractivity contribution is -0.117. The second-order valence-corrected chi connectivity index (χ2v) is 6.92. The number of phenolic OH excluding ortho intramolecular Hbond substituents is 1. The summed E-state index contributed by atoms with van der Waals surface area (Å²) in [4.78, 5) is 15.5. The Morgan fingerprint density at radius 3 is 2.48 bits per heavy atom. The van der Waals surface area contributed by atoms with E-state index in [2.05, 4.69) is 16.3 Å². The molecular weight excluding hydrogens is 332 g/mol. The first kappa shape index (κ1) is 17.6. The number of hydrogen-bond donors (Lipinski definition) is 2. The van der Waals surface area contributed by atoms with Crippen molar-refractivity contribution in [2.45, 2.75) is 11.3 Å². The van der Waals surface area contributed by atoms with Crippen LogP contribution < -0.4 is 5.32 Å². The molecule has 0 unspecified atom stereocenters. The van der Waals surface area contributed by atoms with E-state index in [9.17, 15) is 9.90 Å². The maximum Gasteiger partial charge on any atom is 0.238 e. The molecule has 130 valence electrons. The number of thioether (sulfide) groups is 1. The summed E-state index contributed by atoms with van der Waals surface area (Å²) in [7, 11) is 0. The lowest BCUT2D eigenvalue weighted by Gasteiger charge is -2.26. The van der Waals surface area contributed by atoms with Gasteiger partial charge in [0.2, 0.25) is 5.91 Å². The van der Waals surface area contributed by atoms with Crippen molar-refractivity contribution in [2.24, 2.45) is 0 Å². The van der Waals surface area contributed by atoms with E-state index in [-0.39, 0.29) is 11.7 Å². The number of carbonyl (C=O) groups excluding carboxylic acids is 1. The molecule has 5 heteroatoms. The van der Waals surface area contributed by atoms with Crippen LogP contribution in [0, 0.1) is 0 Å². The van der Waals surface area contributed by atoms with Crippen LogP contribution in [0.5, 0.6) is 5.75 Å². The van der Waals surface area contributed by atoms with Gasteiger partial charge in [0, 0.05) is 23.7 Å². The SMILES string of the molecule is CSc1ccc(NC(=O)CN2CC=C(c3ccc(O)cc3)CC2)cc1. The standard InChI is InChI=1S/C20H22N2O2S/c1-25-19-8-4-17(5-9-19)21-20(24)14-22-12-10-16(11-13-22)15-2-6-18(23)7-3-15/h2-10,23H,11-14H2,1H3,(H,21,24). The van der Waals surface area contributed by atoms with Crippen LogP contribution in [0.4, 0.5) is 5.69 Å². The summed E-state index contributed by atoms with van der Waals surface area (Å²) < 4.78 is 0. The molecule has 1 amide bonds. The zero-order valence-electron chi connectivity index (χ0n) is 14.2. The molecule has 0 atom stereocenters. The molecule has 1 aliphatic rings. The number of rotatable bonds is 5. The van der Waals surface area contributed by atoms with E-state index in [1.807, 2.05) is 42.7 Å². The van der Waals surface area contributed by atoms with Crippen molar-refractivity contribution in [2.75, 3.05) is 31.2 Å². The van der Waals surface area contributed by atoms with Gasteiger partial charge in [0.15, 0.2) is 0 Å². The quantitative estimate of drug-likeness (QED) is 0.801. The van der Waals surface area contributed by atoms with Gasteiger partial charge in [-0.15, -0.1) is 11.8 Å². The average Bonchev–Trinajstić information content (AvgIpc) is 2.64. The van der Waals surface area contributed by atoms with Crippen molar-refractivity contribution >= 4 is 28.9 Å². The van der Waals surface area contributed by atoms with Gasteiger partial charge in [-0.2, -0.15) is 0 Å². The molecule has 2 N–H and O–H groups in total. The lowest BCUT2D eigenvalue weighted by atomic mass is 9.99. The zero-order chi connectivity index (χ0) is 17.6. The highest BCUT2D eigenvalue weighted by Gasteiger charge is 2.15. The fourth-order valence-corrected chi connectivity index (χ4v) is 3.28. The highest BCUT2D eigenvalue weighted by atomic mass is 32.2. The molecule has 0 spiro atoms. The minimum atomic E-state index is 0.0124. The van der Waals surface area contributed by atoms with Gasteiger partial charge in [0.1, 0.15) is 5.75 Å². The molecule has 3 rings (SSSR count). The number of benzene rings is 2. The average molecular weight is 354 g/mol. The number of amides is 1. The van der Waals surface area contributed by atoms with Crippen molar-refractivity contribution in [3.63, 3.8) is 0 Å². The van der Waals surface area contributed by atoms with E-state index in [0.29, 0.717) is 6.54 Å². The van der Waals surface area contributed by atoms with Crippen molar-refractivity contribution < 1.29 is 9.90 Å². The summed E-state index contributed by atoms with van der Waals surface area (Å²) in [5.41, 5.74) is 3.24. The molecule has 0 fully saturated rings. The Hall–Kier alpha value is -2.24. The van der Waals surface area contributed by atoms with Gasteiger partial charge in [-0.25, -0.2) is 0 Å². The van der Waals surface area contributed by atoms with Crippen molar-refractivity contribution in [1.29, 1.82) is 0 Å². The van der Waals surface area contributed by atoms with Crippen LogP contribution in [0.2, 0.25) is 0 Å². The molecule has 1 aliphatic heterocycles. The van der Waals surface area contributed by atoms with Crippen LogP contribution in [-0.4, -0.2) is 41.8 Å². The Labute approximate surface area is 152 Å². The third-order valence-corrected chi connectivity index (χ3v) is 5.02. The van der Waals surface area contributed by atoms with Crippen LogP contribution >= 0.6 is 11.8 Å². The Morgan fingerprint density at radius 1 is 1.16 bits per heavy atom. The first-order valence-corrected chi connectivity index (χ1v) is 9.51. The van der Waals surface area contributed by atoms with E-state index < -0.39 is 0 Å². The molecule has 0 aromatic heterocycles. The van der Waals surface area contributed by atoms with Crippen molar-refractivity contribution in [3.8, 4) is 5.75 Å². The summed E-state index contributed by atoms with van der Waals surface area (Å²) >= 11 is 1.68. The first-order chi connectivity index (χ1) is 12.1. The molecular formula is C20H22N2O2S. The summed E-state index contributed by atoms with van der Waals surface area (Å²) in [6, 6.07) is 15.2. The molecule has 0 bridgehead atoms. The molecule has 4 nitrogen and oxygen atoms in total. The number of anilines is 1. The van der Waals surface area contributed by atoms with Crippen LogP contribution in [0.25, 0.3) is 5.57 Å². The Bertz CT molecular complexity index is 754. The third kappa shape index (κ3) is 4.87. The number of nitrogens with zero attached hydrogens (tertiary/aromatic N) is 1. The van der Waals surface area contributed by atoms with Crippen LogP contribution in [0.15, 0.2) is 59.5 Å². The third-order valence-electron chi connectivity index (χ3n) is 4.27. The summed E-state index contributed by atoms with van der Waals surface area (Å²) in [6.07, 6.45) is 5.10. The van der Waals surface area contributed by atoms with E-state index in [4.69, 9.17) is 0 Å². The van der Waals surface area contributed by atoms with Gasteiger partial charge in [-0.05, 0) is 60.2 Å². The maximum absolute atomic E-state index is 12.2. The first-order valence-electron chi connectivity index (χ1n) is 8.29.